The lowest BCUT2D eigenvalue weighted by Gasteiger charge is -2.25. The molecule has 0 saturated heterocycles. The predicted octanol–water partition coefficient (Wildman–Crippen LogP) is 5.76. The maximum absolute atomic E-state index is 13.7. The molecule has 0 saturated carbocycles. The highest BCUT2D eigenvalue weighted by atomic mass is 35.5. The molecule has 1 aliphatic rings. The third-order valence-corrected chi connectivity index (χ3v) is 6.11. The van der Waals surface area contributed by atoms with E-state index < -0.39 is 0 Å². The summed E-state index contributed by atoms with van der Waals surface area (Å²) in [5.74, 6) is -0.634. The number of imide groups is 1. The number of halogens is 1. The van der Waals surface area contributed by atoms with Gasteiger partial charge < -0.3 is 4.90 Å². The number of nitrogens with zero attached hydrogens (tertiary/aromatic N) is 2. The van der Waals surface area contributed by atoms with Gasteiger partial charge in [0.15, 0.2) is 0 Å². The first-order valence-corrected chi connectivity index (χ1v) is 11.0. The Morgan fingerprint density at radius 1 is 0.844 bits per heavy atom. The molecule has 4 nitrogen and oxygen atoms in total. The van der Waals surface area contributed by atoms with Crippen LogP contribution >= 0.6 is 11.6 Å². The average Bonchev–Trinajstić information content (AvgIpc) is 3.05. The third kappa shape index (κ3) is 4.06. The van der Waals surface area contributed by atoms with Crippen molar-refractivity contribution in [1.29, 1.82) is 0 Å². The van der Waals surface area contributed by atoms with Gasteiger partial charge in [0.25, 0.3) is 11.8 Å². The monoisotopic (exact) mass is 444 g/mol. The van der Waals surface area contributed by atoms with Crippen molar-refractivity contribution in [3.05, 3.63) is 106 Å². The van der Waals surface area contributed by atoms with Crippen molar-refractivity contribution in [2.45, 2.75) is 27.3 Å². The molecule has 1 heterocycles. The fraction of sp³-hybridized carbons (Fsp3) is 0.185. The van der Waals surface area contributed by atoms with Gasteiger partial charge in [-0.15, -0.1) is 0 Å². The highest BCUT2D eigenvalue weighted by Gasteiger charge is 2.42. The van der Waals surface area contributed by atoms with Crippen LogP contribution in [0.15, 0.2) is 78.5 Å². The molecule has 162 valence electrons. The number of aryl methyl sites for hydroxylation is 2. The van der Waals surface area contributed by atoms with Gasteiger partial charge in [0.05, 0.1) is 11.3 Å². The van der Waals surface area contributed by atoms with E-state index in [0.717, 1.165) is 22.3 Å². The quantitative estimate of drug-likeness (QED) is 0.453. The number of likely N-dealkylation sites (N-methyl/N-ethyl adjacent to an activating group) is 1. The fourth-order valence-electron chi connectivity index (χ4n) is 3.95. The molecule has 1 aliphatic heterocycles. The summed E-state index contributed by atoms with van der Waals surface area (Å²) in [5, 5.41) is 0.551. The maximum Gasteiger partial charge on any atom is 0.282 e. The molecule has 2 amide bonds. The molecule has 0 atom stereocenters. The maximum atomic E-state index is 13.7. The topological polar surface area (TPSA) is 40.6 Å². The summed E-state index contributed by atoms with van der Waals surface area (Å²) in [4.78, 5) is 30.6. The van der Waals surface area contributed by atoms with Gasteiger partial charge >= 0.3 is 0 Å². The third-order valence-electron chi connectivity index (χ3n) is 5.85. The summed E-state index contributed by atoms with van der Waals surface area (Å²) < 4.78 is 0. The van der Waals surface area contributed by atoms with E-state index in [-0.39, 0.29) is 11.8 Å². The van der Waals surface area contributed by atoms with Crippen molar-refractivity contribution in [3.63, 3.8) is 0 Å². The van der Waals surface area contributed by atoms with Crippen LogP contribution in [0.5, 0.6) is 0 Å². The summed E-state index contributed by atoms with van der Waals surface area (Å²) in [6, 6.07) is 22.6. The number of carbonyl (C=O) groups excluding carboxylic acids is 2. The lowest BCUT2D eigenvalue weighted by Crippen LogP contribution is -2.35. The zero-order valence-corrected chi connectivity index (χ0v) is 19.2. The average molecular weight is 445 g/mol. The number of hydrogen-bond acceptors (Lipinski definition) is 3. The molecule has 32 heavy (non-hydrogen) atoms. The van der Waals surface area contributed by atoms with Crippen LogP contribution in [-0.4, -0.2) is 23.3 Å². The van der Waals surface area contributed by atoms with Gasteiger partial charge in [-0.2, -0.15) is 0 Å². The molecule has 0 aliphatic carbocycles. The Labute approximate surface area is 193 Å². The molecule has 3 aromatic carbocycles. The molecule has 0 bridgehead atoms. The van der Waals surface area contributed by atoms with Crippen molar-refractivity contribution in [2.75, 3.05) is 11.4 Å². The second kappa shape index (κ2) is 9.01. The van der Waals surface area contributed by atoms with Crippen LogP contribution in [0.25, 0.3) is 5.57 Å². The molecule has 4 rings (SSSR count). The Bertz CT molecular complexity index is 1200. The summed E-state index contributed by atoms with van der Waals surface area (Å²) in [5.41, 5.74) is 5.42. The van der Waals surface area contributed by atoms with Gasteiger partial charge in [-0.25, -0.2) is 4.90 Å². The van der Waals surface area contributed by atoms with Gasteiger partial charge in [0, 0.05) is 18.1 Å². The van der Waals surface area contributed by atoms with Crippen LogP contribution in [0.1, 0.15) is 29.2 Å². The molecular weight excluding hydrogens is 420 g/mol. The lowest BCUT2D eigenvalue weighted by atomic mass is 9.99. The first-order chi connectivity index (χ1) is 15.4. The Kier molecular flexibility index (Phi) is 6.15. The largest absolute Gasteiger partial charge is 0.362 e. The van der Waals surface area contributed by atoms with Gasteiger partial charge in [0.2, 0.25) is 0 Å². The van der Waals surface area contributed by atoms with E-state index in [1.54, 1.807) is 24.3 Å². The zero-order valence-electron chi connectivity index (χ0n) is 18.4. The number of benzene rings is 3. The molecule has 3 aromatic rings. The standard InChI is InChI=1S/C27H25ClN2O2/c1-4-29(17-20-8-6-5-7-9-20)25-24(21-11-10-18(2)19(3)16-21)26(31)30(27(25)32)23-14-12-22(28)13-15-23/h5-16H,4,17H2,1-3H3. The van der Waals surface area contributed by atoms with E-state index in [1.165, 1.54) is 4.90 Å². The second-order valence-corrected chi connectivity index (χ2v) is 8.38. The Hall–Kier alpha value is -3.37. The summed E-state index contributed by atoms with van der Waals surface area (Å²) in [7, 11) is 0. The van der Waals surface area contributed by atoms with Crippen LogP contribution in [0, 0.1) is 13.8 Å². The molecule has 0 spiro atoms. The Morgan fingerprint density at radius 2 is 1.53 bits per heavy atom. The first kappa shape index (κ1) is 21.8. The molecule has 0 radical (unpaired) electrons. The van der Waals surface area contributed by atoms with Crippen molar-refractivity contribution in [2.24, 2.45) is 0 Å². The van der Waals surface area contributed by atoms with Gasteiger partial charge in [-0.05, 0) is 67.3 Å². The molecule has 0 unspecified atom stereocenters. The van der Waals surface area contributed by atoms with E-state index in [2.05, 4.69) is 0 Å². The minimum atomic E-state index is -0.318. The summed E-state index contributed by atoms with van der Waals surface area (Å²) >= 11 is 6.03. The molecule has 0 fully saturated rings. The molecule has 5 heteroatoms. The van der Waals surface area contributed by atoms with Crippen LogP contribution in [0.2, 0.25) is 5.02 Å². The van der Waals surface area contributed by atoms with Crippen LogP contribution in [0.4, 0.5) is 5.69 Å². The highest BCUT2D eigenvalue weighted by molar-refractivity contribution is 6.45. The second-order valence-electron chi connectivity index (χ2n) is 7.94. The fourth-order valence-corrected chi connectivity index (χ4v) is 4.07. The number of hydrogen-bond donors (Lipinski definition) is 0. The summed E-state index contributed by atoms with van der Waals surface area (Å²) in [6.45, 7) is 7.17. The zero-order chi connectivity index (χ0) is 22.8. The Morgan fingerprint density at radius 3 is 2.16 bits per heavy atom. The van der Waals surface area contributed by atoms with E-state index in [4.69, 9.17) is 11.6 Å². The van der Waals surface area contributed by atoms with Crippen molar-refractivity contribution < 1.29 is 9.59 Å². The minimum Gasteiger partial charge on any atom is -0.362 e. The number of anilines is 1. The van der Waals surface area contributed by atoms with Gasteiger partial charge in [-0.1, -0.05) is 60.1 Å². The molecule has 0 N–H and O–H groups in total. The van der Waals surface area contributed by atoms with Crippen molar-refractivity contribution in [3.8, 4) is 0 Å². The minimum absolute atomic E-state index is 0.316. The number of rotatable bonds is 6. The van der Waals surface area contributed by atoms with E-state index in [1.807, 2.05) is 74.2 Å². The molecular formula is C27H25ClN2O2. The van der Waals surface area contributed by atoms with Gasteiger partial charge in [0.1, 0.15) is 5.70 Å². The summed E-state index contributed by atoms with van der Waals surface area (Å²) in [6.07, 6.45) is 0. The van der Waals surface area contributed by atoms with Crippen molar-refractivity contribution in [1.82, 2.24) is 4.90 Å². The smallest absolute Gasteiger partial charge is 0.282 e. The Balaban J connectivity index is 1.85. The SMILES string of the molecule is CCN(Cc1ccccc1)C1=C(c2ccc(C)c(C)c2)C(=O)N(c2ccc(Cl)cc2)C1=O. The number of amides is 2. The van der Waals surface area contributed by atoms with Crippen LogP contribution < -0.4 is 4.90 Å². The lowest BCUT2D eigenvalue weighted by molar-refractivity contribution is -0.120. The molecule has 0 aromatic heterocycles. The predicted molar refractivity (Wildman–Crippen MR) is 129 cm³/mol. The van der Waals surface area contributed by atoms with E-state index >= 15 is 0 Å². The first-order valence-electron chi connectivity index (χ1n) is 10.7. The highest BCUT2D eigenvalue weighted by Crippen LogP contribution is 2.36. The van der Waals surface area contributed by atoms with Crippen molar-refractivity contribution >= 4 is 34.7 Å². The normalized spacial score (nSPS) is 13.8. The van der Waals surface area contributed by atoms with Crippen LogP contribution in [-0.2, 0) is 16.1 Å². The number of carbonyl (C=O) groups is 2. The van der Waals surface area contributed by atoms with E-state index in [0.29, 0.717) is 35.1 Å². The van der Waals surface area contributed by atoms with Crippen LogP contribution in [0.3, 0.4) is 0 Å². The van der Waals surface area contributed by atoms with E-state index in [9.17, 15) is 9.59 Å². The van der Waals surface area contributed by atoms with Gasteiger partial charge in [-0.3, -0.25) is 9.59 Å².